The van der Waals surface area contributed by atoms with Crippen molar-refractivity contribution in [3.05, 3.63) is 35.4 Å². The number of nitrogens with two attached hydrogens (primary N) is 1. The van der Waals surface area contributed by atoms with Crippen molar-refractivity contribution in [2.45, 2.75) is 25.9 Å². The minimum Gasteiger partial charge on any atom is -0.481 e. The largest absolute Gasteiger partial charge is 0.481 e. The van der Waals surface area contributed by atoms with E-state index in [1.54, 1.807) is 6.92 Å². The van der Waals surface area contributed by atoms with Gasteiger partial charge in [0.25, 0.3) is 0 Å². The van der Waals surface area contributed by atoms with Crippen molar-refractivity contribution in [3.63, 3.8) is 0 Å². The van der Waals surface area contributed by atoms with Gasteiger partial charge in [-0.2, -0.15) is 13.2 Å². The standard InChI is InChI=1S/C13H16F3NO2/c1-2-12(8-17,11(18)19)7-9-3-5-10(6-4-9)13(14,15)16/h3-6H,2,7-8,17H2,1H3,(H,18,19). The molecule has 0 fully saturated rings. The Kier molecular flexibility index (Phi) is 4.57. The second-order valence-corrected chi connectivity index (χ2v) is 4.51. The first-order valence-corrected chi connectivity index (χ1v) is 5.85. The number of carboxylic acids is 1. The zero-order valence-corrected chi connectivity index (χ0v) is 10.5. The van der Waals surface area contributed by atoms with Crippen molar-refractivity contribution in [3.8, 4) is 0 Å². The van der Waals surface area contributed by atoms with Gasteiger partial charge in [-0.3, -0.25) is 4.79 Å². The number of hydrogen-bond acceptors (Lipinski definition) is 2. The number of carboxylic acid groups (broad SMARTS) is 1. The highest BCUT2D eigenvalue weighted by Gasteiger charge is 2.36. The summed E-state index contributed by atoms with van der Waals surface area (Å²) in [4.78, 5) is 11.3. The Morgan fingerprint density at radius 3 is 2.11 bits per heavy atom. The average Bonchev–Trinajstić information content (AvgIpc) is 2.35. The Hall–Kier alpha value is -1.56. The summed E-state index contributed by atoms with van der Waals surface area (Å²) < 4.78 is 37.2. The minimum absolute atomic E-state index is 0.0557. The maximum atomic E-state index is 12.4. The molecule has 1 aromatic carbocycles. The van der Waals surface area contributed by atoms with Crippen LogP contribution in [0.25, 0.3) is 0 Å². The van der Waals surface area contributed by atoms with Gasteiger partial charge in [-0.1, -0.05) is 19.1 Å². The minimum atomic E-state index is -4.39. The first kappa shape index (κ1) is 15.5. The van der Waals surface area contributed by atoms with Crippen molar-refractivity contribution in [1.29, 1.82) is 0 Å². The SMILES string of the molecule is CCC(CN)(Cc1ccc(C(F)(F)F)cc1)C(=O)O. The van der Waals surface area contributed by atoms with Gasteiger partial charge in [-0.15, -0.1) is 0 Å². The van der Waals surface area contributed by atoms with Gasteiger partial charge >= 0.3 is 12.1 Å². The third-order valence-corrected chi connectivity index (χ3v) is 3.34. The molecule has 0 saturated carbocycles. The van der Waals surface area contributed by atoms with Crippen molar-refractivity contribution < 1.29 is 23.1 Å². The highest BCUT2D eigenvalue weighted by molar-refractivity contribution is 5.75. The van der Waals surface area contributed by atoms with Gasteiger partial charge < -0.3 is 10.8 Å². The highest BCUT2D eigenvalue weighted by atomic mass is 19.4. The number of rotatable bonds is 5. The highest BCUT2D eigenvalue weighted by Crippen LogP contribution is 2.31. The summed E-state index contributed by atoms with van der Waals surface area (Å²) in [5.41, 5.74) is 4.16. The zero-order chi connectivity index (χ0) is 14.7. The molecular formula is C13H16F3NO2. The van der Waals surface area contributed by atoms with Crippen LogP contribution in [-0.4, -0.2) is 17.6 Å². The van der Waals surface area contributed by atoms with Crippen LogP contribution in [0.3, 0.4) is 0 Å². The van der Waals surface area contributed by atoms with E-state index in [1.165, 1.54) is 12.1 Å². The molecule has 0 aromatic heterocycles. The quantitative estimate of drug-likeness (QED) is 0.868. The number of hydrogen-bond donors (Lipinski definition) is 2. The summed E-state index contributed by atoms with van der Waals surface area (Å²) >= 11 is 0. The van der Waals surface area contributed by atoms with Crippen molar-refractivity contribution in [2.24, 2.45) is 11.1 Å². The van der Waals surface area contributed by atoms with E-state index in [4.69, 9.17) is 5.73 Å². The van der Waals surface area contributed by atoms with Gasteiger partial charge in [-0.05, 0) is 30.5 Å². The molecule has 0 radical (unpaired) electrons. The molecule has 3 N–H and O–H groups in total. The fourth-order valence-corrected chi connectivity index (χ4v) is 1.86. The van der Waals surface area contributed by atoms with Crippen LogP contribution in [0, 0.1) is 5.41 Å². The Labute approximate surface area is 109 Å². The summed E-state index contributed by atoms with van der Waals surface area (Å²) in [6.45, 7) is 1.64. The van der Waals surface area contributed by atoms with Crippen LogP contribution < -0.4 is 5.73 Å². The summed E-state index contributed by atoms with van der Waals surface area (Å²) in [6, 6.07) is 4.50. The van der Waals surface area contributed by atoms with Gasteiger partial charge in [0, 0.05) is 6.54 Å². The van der Waals surface area contributed by atoms with Crippen LogP contribution in [0.2, 0.25) is 0 Å². The Bertz CT molecular complexity index is 436. The van der Waals surface area contributed by atoms with Crippen LogP contribution >= 0.6 is 0 Å². The topological polar surface area (TPSA) is 63.3 Å². The van der Waals surface area contributed by atoms with E-state index < -0.39 is 23.1 Å². The van der Waals surface area contributed by atoms with Gasteiger partial charge in [0.1, 0.15) is 0 Å². The molecule has 1 aromatic rings. The number of alkyl halides is 3. The molecule has 0 spiro atoms. The van der Waals surface area contributed by atoms with Gasteiger partial charge in [0.05, 0.1) is 11.0 Å². The van der Waals surface area contributed by atoms with Crippen LogP contribution in [0.4, 0.5) is 13.2 Å². The van der Waals surface area contributed by atoms with Gasteiger partial charge in [0.15, 0.2) is 0 Å². The monoisotopic (exact) mass is 275 g/mol. The lowest BCUT2D eigenvalue weighted by Gasteiger charge is -2.26. The average molecular weight is 275 g/mol. The van der Waals surface area contributed by atoms with Crippen molar-refractivity contribution in [1.82, 2.24) is 0 Å². The van der Waals surface area contributed by atoms with Crippen molar-refractivity contribution >= 4 is 5.97 Å². The molecule has 1 atom stereocenters. The first-order chi connectivity index (χ1) is 8.75. The molecular weight excluding hydrogens is 259 g/mol. The van der Waals surface area contributed by atoms with Crippen LogP contribution in [0.15, 0.2) is 24.3 Å². The van der Waals surface area contributed by atoms with Crippen LogP contribution in [0.1, 0.15) is 24.5 Å². The second-order valence-electron chi connectivity index (χ2n) is 4.51. The van der Waals surface area contributed by atoms with E-state index in [-0.39, 0.29) is 13.0 Å². The third kappa shape index (κ3) is 3.47. The lowest BCUT2D eigenvalue weighted by atomic mass is 9.79. The lowest BCUT2D eigenvalue weighted by molar-refractivity contribution is -0.148. The van der Waals surface area contributed by atoms with Gasteiger partial charge in [0.2, 0.25) is 0 Å². The lowest BCUT2D eigenvalue weighted by Crippen LogP contribution is -2.40. The zero-order valence-electron chi connectivity index (χ0n) is 10.5. The summed E-state index contributed by atoms with van der Waals surface area (Å²) in [5, 5.41) is 9.21. The van der Waals surface area contributed by atoms with Gasteiger partial charge in [-0.25, -0.2) is 0 Å². The van der Waals surface area contributed by atoms with Crippen molar-refractivity contribution in [2.75, 3.05) is 6.54 Å². The Morgan fingerprint density at radius 1 is 1.26 bits per heavy atom. The predicted octanol–water partition coefficient (Wildman–Crippen LogP) is 2.69. The fraction of sp³-hybridized carbons (Fsp3) is 0.462. The molecule has 0 aliphatic rings. The molecule has 0 saturated heterocycles. The predicted molar refractivity (Wildman–Crippen MR) is 64.6 cm³/mol. The molecule has 6 heteroatoms. The molecule has 19 heavy (non-hydrogen) atoms. The van der Waals surface area contributed by atoms with E-state index in [0.717, 1.165) is 12.1 Å². The van der Waals surface area contributed by atoms with E-state index >= 15 is 0 Å². The van der Waals surface area contributed by atoms with Crippen LogP contribution in [-0.2, 0) is 17.4 Å². The number of benzene rings is 1. The van der Waals surface area contributed by atoms with E-state index in [0.29, 0.717) is 12.0 Å². The molecule has 0 amide bonds. The Balaban J connectivity index is 2.96. The molecule has 106 valence electrons. The van der Waals surface area contributed by atoms with E-state index in [9.17, 15) is 23.1 Å². The summed E-state index contributed by atoms with van der Waals surface area (Å²) in [7, 11) is 0. The maximum absolute atomic E-state index is 12.4. The number of aliphatic carboxylic acids is 1. The summed E-state index contributed by atoms with van der Waals surface area (Å²) in [5.74, 6) is -1.03. The number of halogens is 3. The van der Waals surface area contributed by atoms with Crippen LogP contribution in [0.5, 0.6) is 0 Å². The third-order valence-electron chi connectivity index (χ3n) is 3.34. The maximum Gasteiger partial charge on any atom is 0.416 e. The molecule has 0 aliphatic heterocycles. The molecule has 3 nitrogen and oxygen atoms in total. The smallest absolute Gasteiger partial charge is 0.416 e. The fourth-order valence-electron chi connectivity index (χ4n) is 1.86. The molecule has 0 bridgehead atoms. The van der Waals surface area contributed by atoms with E-state index in [1.807, 2.05) is 0 Å². The normalized spacial score (nSPS) is 15.0. The molecule has 1 rings (SSSR count). The number of carbonyl (C=O) groups is 1. The van der Waals surface area contributed by atoms with E-state index in [2.05, 4.69) is 0 Å². The molecule has 0 aliphatic carbocycles. The summed E-state index contributed by atoms with van der Waals surface area (Å²) in [6.07, 6.45) is -3.95. The molecule has 0 heterocycles. The first-order valence-electron chi connectivity index (χ1n) is 5.85. The second kappa shape index (κ2) is 5.61. The Morgan fingerprint density at radius 2 is 1.79 bits per heavy atom. The molecule has 1 unspecified atom stereocenters.